The van der Waals surface area contributed by atoms with Gasteiger partial charge in [0.05, 0.1) is 0 Å². The molecule has 0 nitrogen and oxygen atoms in total. The van der Waals surface area contributed by atoms with Gasteiger partial charge in [-0.3, -0.25) is 0 Å². The van der Waals surface area contributed by atoms with Crippen LogP contribution in [0.1, 0.15) is 13.8 Å². The van der Waals surface area contributed by atoms with Gasteiger partial charge in [0.2, 0.25) is 0 Å². The summed E-state index contributed by atoms with van der Waals surface area (Å²) in [7, 11) is 0. The van der Waals surface area contributed by atoms with E-state index in [0.29, 0.717) is 11.8 Å². The van der Waals surface area contributed by atoms with Crippen molar-refractivity contribution < 1.29 is 4.39 Å². The molecule has 0 bridgehead atoms. The van der Waals surface area contributed by atoms with Gasteiger partial charge in [-0.1, -0.05) is 29.8 Å². The third-order valence-corrected chi connectivity index (χ3v) is 4.45. The zero-order valence-electron chi connectivity index (χ0n) is 9.04. The summed E-state index contributed by atoms with van der Waals surface area (Å²) in [6.45, 7) is 4.47. The maximum absolute atomic E-state index is 12.7. The molecule has 0 radical (unpaired) electrons. The number of benzene rings is 1. The predicted octanol–water partition coefficient (Wildman–Crippen LogP) is 4.58. The molecule has 0 saturated carbocycles. The Labute approximate surface area is 104 Å². The molecule has 0 spiro atoms. The van der Waals surface area contributed by atoms with Crippen molar-refractivity contribution in [3.05, 3.63) is 30.1 Å². The summed E-state index contributed by atoms with van der Waals surface area (Å²) in [5.41, 5.74) is 0. The van der Waals surface area contributed by atoms with Crippen molar-refractivity contribution in [1.82, 2.24) is 0 Å². The second-order valence-electron chi connectivity index (χ2n) is 3.92. The lowest BCUT2D eigenvalue weighted by molar-refractivity contribution is 0.474. The van der Waals surface area contributed by atoms with Gasteiger partial charge in [0, 0.05) is 16.0 Å². The smallest absolute Gasteiger partial charge is 0.123 e. The Morgan fingerprint density at radius 1 is 1.27 bits per heavy atom. The maximum atomic E-state index is 12.7. The lowest BCUT2D eigenvalue weighted by Crippen LogP contribution is -2.12. The largest absolute Gasteiger partial charge is 0.207 e. The topological polar surface area (TPSA) is 0 Å². The van der Waals surface area contributed by atoms with Gasteiger partial charge in [0.25, 0.3) is 0 Å². The monoisotopic (exact) mass is 290 g/mol. The average Bonchev–Trinajstić information content (AvgIpc) is 2.21. The van der Waals surface area contributed by atoms with Gasteiger partial charge >= 0.3 is 0 Å². The summed E-state index contributed by atoms with van der Waals surface area (Å²) in [4.78, 5) is 1.14. The molecule has 3 heteroatoms. The number of thioether (sulfide) groups is 1. The summed E-state index contributed by atoms with van der Waals surface area (Å²) < 4.78 is 12.7. The van der Waals surface area contributed by atoms with E-state index in [2.05, 4.69) is 29.8 Å². The Kier molecular flexibility index (Phi) is 5.69. The quantitative estimate of drug-likeness (QED) is 0.565. The number of hydrogen-bond donors (Lipinski definition) is 0. The molecule has 0 heterocycles. The summed E-state index contributed by atoms with van der Waals surface area (Å²) in [6.07, 6.45) is 0. The van der Waals surface area contributed by atoms with Crippen molar-refractivity contribution in [3.8, 4) is 0 Å². The molecule has 0 fully saturated rings. The number of hydrogen-bond acceptors (Lipinski definition) is 1. The molecule has 1 unspecified atom stereocenters. The van der Waals surface area contributed by atoms with E-state index in [9.17, 15) is 4.39 Å². The fraction of sp³-hybridized carbons (Fsp3) is 0.500. The highest BCUT2D eigenvalue weighted by atomic mass is 79.9. The molecular formula is C12H16BrFS. The third kappa shape index (κ3) is 4.56. The molecule has 1 atom stereocenters. The molecule has 0 aromatic heterocycles. The Hall–Kier alpha value is -0.0200. The number of halogens is 2. The van der Waals surface area contributed by atoms with E-state index in [1.807, 2.05) is 12.1 Å². The van der Waals surface area contributed by atoms with Crippen LogP contribution in [0.15, 0.2) is 29.2 Å². The van der Waals surface area contributed by atoms with Crippen molar-refractivity contribution in [3.63, 3.8) is 0 Å². The molecule has 0 aliphatic carbocycles. The van der Waals surface area contributed by atoms with E-state index in [0.717, 1.165) is 16.0 Å². The van der Waals surface area contributed by atoms with E-state index >= 15 is 0 Å². The summed E-state index contributed by atoms with van der Waals surface area (Å²) >= 11 is 5.32. The van der Waals surface area contributed by atoms with Crippen molar-refractivity contribution >= 4 is 27.7 Å². The molecule has 15 heavy (non-hydrogen) atoms. The van der Waals surface area contributed by atoms with Gasteiger partial charge in [0.1, 0.15) is 5.82 Å². The third-order valence-electron chi connectivity index (χ3n) is 2.42. The van der Waals surface area contributed by atoms with E-state index < -0.39 is 0 Å². The molecular weight excluding hydrogens is 275 g/mol. The first kappa shape index (κ1) is 13.0. The molecule has 0 aliphatic heterocycles. The minimum atomic E-state index is -0.166. The SMILES string of the molecule is CC(C)C(CBr)CSc1ccc(F)cc1. The first-order chi connectivity index (χ1) is 7.13. The van der Waals surface area contributed by atoms with Crippen LogP contribution in [0.3, 0.4) is 0 Å². The molecule has 0 amide bonds. The van der Waals surface area contributed by atoms with Gasteiger partial charge in [0.15, 0.2) is 0 Å². The van der Waals surface area contributed by atoms with Crippen LogP contribution in [-0.2, 0) is 0 Å². The lowest BCUT2D eigenvalue weighted by Gasteiger charge is -2.17. The van der Waals surface area contributed by atoms with Gasteiger partial charge < -0.3 is 0 Å². The first-order valence-corrected chi connectivity index (χ1v) is 7.18. The standard InChI is InChI=1S/C12H16BrFS/c1-9(2)10(7-13)8-15-12-5-3-11(14)4-6-12/h3-6,9-10H,7-8H2,1-2H3. The van der Waals surface area contributed by atoms with Crippen LogP contribution in [-0.4, -0.2) is 11.1 Å². The van der Waals surface area contributed by atoms with E-state index in [4.69, 9.17) is 0 Å². The Bertz CT molecular complexity index is 284. The molecule has 0 N–H and O–H groups in total. The van der Waals surface area contributed by atoms with Crippen molar-refractivity contribution in [1.29, 1.82) is 0 Å². The highest BCUT2D eigenvalue weighted by molar-refractivity contribution is 9.09. The maximum Gasteiger partial charge on any atom is 0.123 e. The first-order valence-electron chi connectivity index (χ1n) is 5.07. The van der Waals surface area contributed by atoms with Crippen LogP contribution in [0.4, 0.5) is 4.39 Å². The molecule has 1 aromatic carbocycles. The second-order valence-corrected chi connectivity index (χ2v) is 5.66. The summed E-state index contributed by atoms with van der Waals surface area (Å²) in [5, 5.41) is 1.03. The molecule has 0 saturated heterocycles. The molecule has 0 aliphatic rings. The van der Waals surface area contributed by atoms with Crippen molar-refractivity contribution in [2.75, 3.05) is 11.1 Å². The van der Waals surface area contributed by atoms with Gasteiger partial charge in [-0.2, -0.15) is 0 Å². The minimum Gasteiger partial charge on any atom is -0.207 e. The fourth-order valence-corrected chi connectivity index (χ4v) is 3.67. The fourth-order valence-electron chi connectivity index (χ4n) is 1.15. The van der Waals surface area contributed by atoms with Gasteiger partial charge in [-0.05, 0) is 36.1 Å². The zero-order valence-corrected chi connectivity index (χ0v) is 11.4. The van der Waals surface area contributed by atoms with E-state index in [-0.39, 0.29) is 5.82 Å². The second kappa shape index (κ2) is 6.54. The van der Waals surface area contributed by atoms with Crippen LogP contribution in [0.2, 0.25) is 0 Å². The molecule has 1 aromatic rings. The Morgan fingerprint density at radius 3 is 2.33 bits per heavy atom. The van der Waals surface area contributed by atoms with Gasteiger partial charge in [-0.25, -0.2) is 4.39 Å². The minimum absolute atomic E-state index is 0.166. The van der Waals surface area contributed by atoms with Crippen LogP contribution < -0.4 is 0 Å². The highest BCUT2D eigenvalue weighted by Crippen LogP contribution is 2.25. The number of rotatable bonds is 5. The molecule has 84 valence electrons. The van der Waals surface area contributed by atoms with Crippen molar-refractivity contribution in [2.24, 2.45) is 11.8 Å². The Balaban J connectivity index is 2.45. The lowest BCUT2D eigenvalue weighted by atomic mass is 10.0. The summed E-state index contributed by atoms with van der Waals surface area (Å²) in [5.74, 6) is 2.26. The number of alkyl halides is 1. The highest BCUT2D eigenvalue weighted by Gasteiger charge is 2.11. The average molecular weight is 291 g/mol. The van der Waals surface area contributed by atoms with Crippen LogP contribution >= 0.6 is 27.7 Å². The Morgan fingerprint density at radius 2 is 1.87 bits per heavy atom. The van der Waals surface area contributed by atoms with E-state index in [1.54, 1.807) is 11.8 Å². The van der Waals surface area contributed by atoms with Crippen LogP contribution in [0.5, 0.6) is 0 Å². The van der Waals surface area contributed by atoms with Crippen molar-refractivity contribution in [2.45, 2.75) is 18.7 Å². The van der Waals surface area contributed by atoms with E-state index in [1.165, 1.54) is 12.1 Å². The van der Waals surface area contributed by atoms with Gasteiger partial charge in [-0.15, -0.1) is 11.8 Å². The van der Waals surface area contributed by atoms with Crippen LogP contribution in [0.25, 0.3) is 0 Å². The van der Waals surface area contributed by atoms with Crippen LogP contribution in [0, 0.1) is 17.7 Å². The predicted molar refractivity (Wildman–Crippen MR) is 69.2 cm³/mol. The normalized spacial score (nSPS) is 13.1. The summed E-state index contributed by atoms with van der Waals surface area (Å²) in [6, 6.07) is 6.71. The zero-order chi connectivity index (χ0) is 11.3. The molecule has 1 rings (SSSR count).